The molecule has 1 unspecified atom stereocenters. The molecule has 0 aliphatic carbocycles. The van der Waals surface area contributed by atoms with Crippen LogP contribution in [0.2, 0.25) is 0 Å². The van der Waals surface area contributed by atoms with Crippen LogP contribution in [-0.2, 0) is 11.3 Å². The number of H-pyrrole nitrogens is 1. The third-order valence-corrected chi connectivity index (χ3v) is 7.81. The van der Waals surface area contributed by atoms with Crippen LogP contribution in [0.5, 0.6) is 0 Å². The number of hydrogen-bond acceptors (Lipinski definition) is 3. The number of hydrogen-bond donors (Lipinski definition) is 1. The highest BCUT2D eigenvalue weighted by Crippen LogP contribution is 2.46. The third-order valence-electron chi connectivity index (χ3n) is 7.81. The molecule has 2 aromatic carbocycles. The van der Waals surface area contributed by atoms with Crippen LogP contribution in [-0.4, -0.2) is 70.8 Å². The van der Waals surface area contributed by atoms with Gasteiger partial charge in [-0.2, -0.15) is 0 Å². The summed E-state index contributed by atoms with van der Waals surface area (Å²) < 4.78 is 0. The van der Waals surface area contributed by atoms with Crippen molar-refractivity contribution in [2.45, 2.75) is 19.4 Å². The van der Waals surface area contributed by atoms with Gasteiger partial charge in [0.2, 0.25) is 5.91 Å². The van der Waals surface area contributed by atoms with E-state index in [0.717, 1.165) is 62.0 Å². The maximum Gasteiger partial charge on any atom is 0.254 e. The number of fused-ring (bicyclic) bond motifs is 1. The Labute approximate surface area is 194 Å². The fraction of sp³-hybridized carbons (Fsp3) is 0.407. The van der Waals surface area contributed by atoms with Gasteiger partial charge in [0, 0.05) is 73.9 Å². The minimum atomic E-state index is -0.143. The van der Waals surface area contributed by atoms with Crippen molar-refractivity contribution in [2.24, 2.45) is 11.3 Å². The Hall–Kier alpha value is -3.12. The van der Waals surface area contributed by atoms with E-state index >= 15 is 0 Å². The Bertz CT molecular complexity index is 1180. The van der Waals surface area contributed by atoms with Gasteiger partial charge in [0.1, 0.15) is 0 Å². The first-order valence-corrected chi connectivity index (χ1v) is 12.0. The zero-order chi connectivity index (χ0) is 22.4. The Kier molecular flexibility index (Phi) is 4.98. The van der Waals surface area contributed by atoms with Gasteiger partial charge in [0.05, 0.1) is 5.92 Å². The molecule has 1 aromatic heterocycles. The largest absolute Gasteiger partial charge is 0.361 e. The Morgan fingerprint density at radius 1 is 0.909 bits per heavy atom. The second kappa shape index (κ2) is 8.03. The molecule has 0 radical (unpaired) electrons. The van der Waals surface area contributed by atoms with Crippen LogP contribution in [0.25, 0.3) is 10.9 Å². The van der Waals surface area contributed by atoms with Gasteiger partial charge in [0.15, 0.2) is 0 Å². The van der Waals surface area contributed by atoms with Crippen LogP contribution in [0.15, 0.2) is 60.8 Å². The number of aromatic amines is 1. The summed E-state index contributed by atoms with van der Waals surface area (Å²) in [5.74, 6) is 0.328. The topological polar surface area (TPSA) is 59.7 Å². The van der Waals surface area contributed by atoms with Crippen molar-refractivity contribution in [1.29, 1.82) is 0 Å². The highest BCUT2D eigenvalue weighted by Gasteiger charge is 2.58. The summed E-state index contributed by atoms with van der Waals surface area (Å²) in [5, 5.41) is 0.963. The molecule has 170 valence electrons. The second-order valence-corrected chi connectivity index (χ2v) is 10.0. The highest BCUT2D eigenvalue weighted by atomic mass is 16.2. The summed E-state index contributed by atoms with van der Waals surface area (Å²) in [6.07, 6.45) is 4.08. The van der Waals surface area contributed by atoms with E-state index in [1.54, 1.807) is 0 Å². The Balaban J connectivity index is 1.23. The maximum atomic E-state index is 13.5. The van der Waals surface area contributed by atoms with Gasteiger partial charge in [-0.05, 0) is 36.6 Å². The lowest BCUT2D eigenvalue weighted by Crippen LogP contribution is -2.64. The van der Waals surface area contributed by atoms with E-state index in [1.165, 1.54) is 5.56 Å². The van der Waals surface area contributed by atoms with Crippen LogP contribution < -0.4 is 0 Å². The first kappa shape index (κ1) is 20.5. The molecule has 0 bridgehead atoms. The monoisotopic (exact) mass is 442 g/mol. The highest BCUT2D eigenvalue weighted by molar-refractivity contribution is 6.06. The summed E-state index contributed by atoms with van der Waals surface area (Å²) in [7, 11) is 0. The van der Waals surface area contributed by atoms with Crippen molar-refractivity contribution in [3.63, 3.8) is 0 Å². The number of likely N-dealkylation sites (tertiary alicyclic amines) is 3. The van der Waals surface area contributed by atoms with E-state index in [0.29, 0.717) is 19.0 Å². The molecule has 1 atom stereocenters. The van der Waals surface area contributed by atoms with Crippen LogP contribution in [0.1, 0.15) is 28.8 Å². The number of carbonyl (C=O) groups is 2. The lowest BCUT2D eigenvalue weighted by Gasteiger charge is -2.51. The summed E-state index contributed by atoms with van der Waals surface area (Å²) in [6, 6.07) is 18.3. The first-order chi connectivity index (χ1) is 16.1. The smallest absolute Gasteiger partial charge is 0.254 e. The van der Waals surface area contributed by atoms with E-state index in [4.69, 9.17) is 0 Å². The van der Waals surface area contributed by atoms with Crippen LogP contribution >= 0.6 is 0 Å². The normalized spacial score (nSPS) is 22.2. The van der Waals surface area contributed by atoms with Gasteiger partial charge >= 0.3 is 0 Å². The predicted octanol–water partition coefficient (Wildman–Crippen LogP) is 3.36. The Morgan fingerprint density at radius 3 is 2.48 bits per heavy atom. The van der Waals surface area contributed by atoms with Gasteiger partial charge in [-0.15, -0.1) is 0 Å². The molecule has 1 N–H and O–H groups in total. The molecule has 6 heteroatoms. The number of nitrogens with one attached hydrogen (secondary N) is 1. The zero-order valence-corrected chi connectivity index (χ0v) is 18.9. The molecule has 0 saturated carbocycles. The van der Waals surface area contributed by atoms with E-state index in [2.05, 4.69) is 39.0 Å². The summed E-state index contributed by atoms with van der Waals surface area (Å²) in [6.45, 7) is 5.56. The molecule has 3 aliphatic heterocycles. The second-order valence-electron chi connectivity index (χ2n) is 10.0. The molecule has 33 heavy (non-hydrogen) atoms. The molecule has 4 heterocycles. The summed E-state index contributed by atoms with van der Waals surface area (Å²) in [4.78, 5) is 36.5. The van der Waals surface area contributed by atoms with Gasteiger partial charge < -0.3 is 14.8 Å². The fourth-order valence-corrected chi connectivity index (χ4v) is 6.15. The predicted molar refractivity (Wildman–Crippen MR) is 128 cm³/mol. The molecule has 3 aliphatic rings. The van der Waals surface area contributed by atoms with Crippen molar-refractivity contribution >= 4 is 22.7 Å². The van der Waals surface area contributed by atoms with Crippen molar-refractivity contribution in [2.75, 3.05) is 39.3 Å². The van der Waals surface area contributed by atoms with Crippen LogP contribution in [0, 0.1) is 11.3 Å². The van der Waals surface area contributed by atoms with Gasteiger partial charge in [0.25, 0.3) is 5.91 Å². The van der Waals surface area contributed by atoms with Crippen LogP contribution in [0.3, 0.4) is 0 Å². The number of benzene rings is 2. The number of rotatable bonds is 4. The lowest BCUT2D eigenvalue weighted by molar-refractivity contribution is -0.141. The minimum absolute atomic E-state index is 0.0357. The minimum Gasteiger partial charge on any atom is -0.361 e. The van der Waals surface area contributed by atoms with Gasteiger partial charge in [-0.1, -0.05) is 36.4 Å². The number of nitrogens with zero attached hydrogens (tertiary/aromatic N) is 3. The first-order valence-electron chi connectivity index (χ1n) is 12.0. The standard InChI is InChI=1S/C27H30N4O2/c32-25(22-9-6-10-24-21(22)11-12-28-24)31-18-27(19-31)17-29(15-20-7-2-1-3-8-20)16-23(27)26(33)30-13-4-5-14-30/h1-3,6-12,23,28H,4-5,13-19H2. The number of aromatic nitrogens is 1. The summed E-state index contributed by atoms with van der Waals surface area (Å²) in [5.41, 5.74) is 2.85. The third kappa shape index (κ3) is 3.53. The SMILES string of the molecule is O=C(c1cccc2[nH]ccc12)N1CC2(CN(Cc3ccccc3)CC2C(=O)N2CCCC2)C1. The molecule has 3 fully saturated rings. The van der Waals surface area contributed by atoms with Crippen molar-refractivity contribution in [3.8, 4) is 0 Å². The molecular weight excluding hydrogens is 412 g/mol. The number of carbonyl (C=O) groups excluding carboxylic acids is 2. The Morgan fingerprint density at radius 2 is 1.70 bits per heavy atom. The van der Waals surface area contributed by atoms with Crippen molar-refractivity contribution in [3.05, 3.63) is 71.9 Å². The lowest BCUT2D eigenvalue weighted by atomic mass is 9.70. The van der Waals surface area contributed by atoms with E-state index in [9.17, 15) is 9.59 Å². The fourth-order valence-electron chi connectivity index (χ4n) is 6.15. The average Bonchev–Trinajstić information content (AvgIpc) is 3.57. The zero-order valence-electron chi connectivity index (χ0n) is 18.9. The average molecular weight is 443 g/mol. The maximum absolute atomic E-state index is 13.5. The number of amides is 2. The van der Waals surface area contributed by atoms with E-state index < -0.39 is 0 Å². The molecule has 2 amide bonds. The molecular formula is C27H30N4O2. The summed E-state index contributed by atoms with van der Waals surface area (Å²) >= 11 is 0. The van der Waals surface area contributed by atoms with Crippen molar-refractivity contribution < 1.29 is 9.59 Å². The molecule has 6 nitrogen and oxygen atoms in total. The molecule has 1 spiro atoms. The van der Waals surface area contributed by atoms with Gasteiger partial charge in [-0.25, -0.2) is 0 Å². The van der Waals surface area contributed by atoms with E-state index in [1.807, 2.05) is 41.4 Å². The van der Waals surface area contributed by atoms with Crippen LogP contribution in [0.4, 0.5) is 0 Å². The molecule has 3 aromatic rings. The van der Waals surface area contributed by atoms with E-state index in [-0.39, 0.29) is 17.2 Å². The molecule has 3 saturated heterocycles. The molecule has 6 rings (SSSR count). The van der Waals surface area contributed by atoms with Gasteiger partial charge in [-0.3, -0.25) is 14.5 Å². The quantitative estimate of drug-likeness (QED) is 0.674. The van der Waals surface area contributed by atoms with Crippen molar-refractivity contribution in [1.82, 2.24) is 19.7 Å².